The smallest absolute Gasteiger partial charge is 0.226 e. The van der Waals surface area contributed by atoms with Crippen LogP contribution in [0.1, 0.15) is 5.56 Å². The molecule has 94 valence electrons. The van der Waals surface area contributed by atoms with E-state index in [0.717, 1.165) is 17.9 Å². The molecular formula is C13H15N3O2. The molecule has 0 fully saturated rings. The first-order valence-corrected chi connectivity index (χ1v) is 5.60. The van der Waals surface area contributed by atoms with E-state index in [1.54, 1.807) is 13.2 Å². The Morgan fingerprint density at radius 2 is 1.94 bits per heavy atom. The summed E-state index contributed by atoms with van der Waals surface area (Å²) < 4.78 is 10.8. The predicted molar refractivity (Wildman–Crippen MR) is 67.9 cm³/mol. The molecular weight excluding hydrogens is 230 g/mol. The van der Waals surface area contributed by atoms with Gasteiger partial charge in [0.25, 0.3) is 0 Å². The summed E-state index contributed by atoms with van der Waals surface area (Å²) in [6, 6.07) is 9.45. The average Bonchev–Trinajstić information content (AvgIpc) is 2.41. The van der Waals surface area contributed by atoms with Crippen molar-refractivity contribution in [3.63, 3.8) is 0 Å². The third-order valence-corrected chi connectivity index (χ3v) is 2.38. The minimum atomic E-state index is 0.463. The van der Waals surface area contributed by atoms with E-state index in [9.17, 15) is 0 Å². The van der Waals surface area contributed by atoms with Crippen LogP contribution in [0.3, 0.4) is 0 Å². The monoisotopic (exact) mass is 245 g/mol. The van der Waals surface area contributed by atoms with Crippen LogP contribution in [0.25, 0.3) is 0 Å². The highest BCUT2D eigenvalue weighted by molar-refractivity contribution is 5.36. The highest BCUT2D eigenvalue weighted by Crippen LogP contribution is 2.24. The van der Waals surface area contributed by atoms with E-state index in [1.165, 1.54) is 6.33 Å². The second-order valence-corrected chi connectivity index (χ2v) is 3.64. The molecule has 2 aromatic rings. The van der Waals surface area contributed by atoms with Gasteiger partial charge < -0.3 is 14.8 Å². The fourth-order valence-corrected chi connectivity index (χ4v) is 1.54. The lowest BCUT2D eigenvalue weighted by atomic mass is 10.2. The first kappa shape index (κ1) is 12.3. The number of benzene rings is 1. The third kappa shape index (κ3) is 2.95. The molecule has 1 heterocycles. The van der Waals surface area contributed by atoms with Gasteiger partial charge in [0.2, 0.25) is 11.8 Å². The molecule has 0 amide bonds. The minimum absolute atomic E-state index is 0.463. The SMILES string of the molecule is CNCc1ccccc1Oc1cc(OC)ncn1. The Kier molecular flexibility index (Phi) is 4.09. The molecule has 0 unspecified atom stereocenters. The summed E-state index contributed by atoms with van der Waals surface area (Å²) in [6.07, 6.45) is 1.41. The Morgan fingerprint density at radius 1 is 1.17 bits per heavy atom. The third-order valence-electron chi connectivity index (χ3n) is 2.38. The summed E-state index contributed by atoms with van der Waals surface area (Å²) in [5, 5.41) is 3.10. The molecule has 5 nitrogen and oxygen atoms in total. The van der Waals surface area contributed by atoms with Crippen molar-refractivity contribution in [3.05, 3.63) is 42.2 Å². The molecule has 0 radical (unpaired) electrons. The molecule has 0 spiro atoms. The average molecular weight is 245 g/mol. The number of nitrogens with one attached hydrogen (secondary N) is 1. The van der Waals surface area contributed by atoms with Gasteiger partial charge in [-0.15, -0.1) is 0 Å². The summed E-state index contributed by atoms with van der Waals surface area (Å²) in [5.41, 5.74) is 1.07. The zero-order chi connectivity index (χ0) is 12.8. The lowest BCUT2D eigenvalue weighted by molar-refractivity contribution is 0.387. The van der Waals surface area contributed by atoms with Crippen LogP contribution in [0.4, 0.5) is 0 Å². The second-order valence-electron chi connectivity index (χ2n) is 3.64. The van der Waals surface area contributed by atoms with Crippen molar-refractivity contribution in [3.8, 4) is 17.5 Å². The number of aromatic nitrogens is 2. The fourth-order valence-electron chi connectivity index (χ4n) is 1.54. The zero-order valence-electron chi connectivity index (χ0n) is 10.4. The van der Waals surface area contributed by atoms with Crippen molar-refractivity contribution >= 4 is 0 Å². The summed E-state index contributed by atoms with van der Waals surface area (Å²) in [4.78, 5) is 7.98. The van der Waals surface area contributed by atoms with Crippen LogP contribution in [0.5, 0.6) is 17.5 Å². The highest BCUT2D eigenvalue weighted by Gasteiger charge is 2.05. The lowest BCUT2D eigenvalue weighted by Gasteiger charge is -2.10. The molecule has 5 heteroatoms. The predicted octanol–water partition coefficient (Wildman–Crippen LogP) is 2.00. The van der Waals surface area contributed by atoms with Gasteiger partial charge in [0.1, 0.15) is 12.1 Å². The number of nitrogens with zero attached hydrogens (tertiary/aromatic N) is 2. The van der Waals surface area contributed by atoms with Gasteiger partial charge in [-0.3, -0.25) is 0 Å². The molecule has 1 aromatic carbocycles. The molecule has 0 saturated carbocycles. The molecule has 0 atom stereocenters. The Morgan fingerprint density at radius 3 is 2.72 bits per heavy atom. The molecule has 0 aliphatic rings. The number of para-hydroxylation sites is 1. The second kappa shape index (κ2) is 5.97. The molecule has 1 N–H and O–H groups in total. The number of ether oxygens (including phenoxy) is 2. The van der Waals surface area contributed by atoms with Crippen LogP contribution < -0.4 is 14.8 Å². The molecule has 0 bridgehead atoms. The van der Waals surface area contributed by atoms with Crippen LogP contribution in [0.2, 0.25) is 0 Å². The van der Waals surface area contributed by atoms with Crippen LogP contribution in [-0.4, -0.2) is 24.1 Å². The summed E-state index contributed by atoms with van der Waals surface area (Å²) >= 11 is 0. The molecule has 0 aliphatic carbocycles. The van der Waals surface area contributed by atoms with Crippen molar-refractivity contribution in [1.29, 1.82) is 0 Å². The van der Waals surface area contributed by atoms with E-state index < -0.39 is 0 Å². The standard InChI is InChI=1S/C13H15N3O2/c1-14-8-10-5-3-4-6-11(10)18-13-7-12(17-2)15-9-16-13/h3-7,9,14H,8H2,1-2H3. The van der Waals surface area contributed by atoms with E-state index in [2.05, 4.69) is 15.3 Å². The Balaban J connectivity index is 2.22. The van der Waals surface area contributed by atoms with E-state index >= 15 is 0 Å². The Hall–Kier alpha value is -2.14. The molecule has 1 aromatic heterocycles. The van der Waals surface area contributed by atoms with E-state index in [4.69, 9.17) is 9.47 Å². The summed E-state index contributed by atoms with van der Waals surface area (Å²) in [6.45, 7) is 0.735. The summed E-state index contributed by atoms with van der Waals surface area (Å²) in [5.74, 6) is 1.71. The van der Waals surface area contributed by atoms with Crippen molar-refractivity contribution in [2.24, 2.45) is 0 Å². The van der Waals surface area contributed by atoms with Gasteiger partial charge in [-0.2, -0.15) is 0 Å². The molecule has 18 heavy (non-hydrogen) atoms. The number of rotatable bonds is 5. The maximum absolute atomic E-state index is 5.73. The Labute approximate surface area is 106 Å². The van der Waals surface area contributed by atoms with Gasteiger partial charge in [0.05, 0.1) is 13.2 Å². The topological polar surface area (TPSA) is 56.3 Å². The van der Waals surface area contributed by atoms with Crippen LogP contribution in [0, 0.1) is 0 Å². The molecule has 2 rings (SSSR count). The largest absolute Gasteiger partial charge is 0.481 e. The normalized spacial score (nSPS) is 10.1. The minimum Gasteiger partial charge on any atom is -0.481 e. The quantitative estimate of drug-likeness (QED) is 0.873. The number of hydrogen-bond donors (Lipinski definition) is 1. The number of methoxy groups -OCH3 is 1. The van der Waals surface area contributed by atoms with Crippen molar-refractivity contribution in [2.75, 3.05) is 14.2 Å². The van der Waals surface area contributed by atoms with Gasteiger partial charge >= 0.3 is 0 Å². The highest BCUT2D eigenvalue weighted by atomic mass is 16.5. The molecule has 0 saturated heterocycles. The van der Waals surface area contributed by atoms with Gasteiger partial charge in [-0.1, -0.05) is 18.2 Å². The van der Waals surface area contributed by atoms with E-state index in [0.29, 0.717) is 11.8 Å². The van der Waals surface area contributed by atoms with Gasteiger partial charge in [0.15, 0.2) is 0 Å². The van der Waals surface area contributed by atoms with Crippen LogP contribution in [0.15, 0.2) is 36.7 Å². The van der Waals surface area contributed by atoms with Gasteiger partial charge in [0, 0.05) is 12.1 Å². The van der Waals surface area contributed by atoms with E-state index in [-0.39, 0.29) is 0 Å². The van der Waals surface area contributed by atoms with Crippen molar-refractivity contribution in [1.82, 2.24) is 15.3 Å². The van der Waals surface area contributed by atoms with Gasteiger partial charge in [-0.25, -0.2) is 9.97 Å². The van der Waals surface area contributed by atoms with Crippen LogP contribution in [-0.2, 0) is 6.54 Å². The molecule has 0 aliphatic heterocycles. The maximum Gasteiger partial charge on any atom is 0.226 e. The lowest BCUT2D eigenvalue weighted by Crippen LogP contribution is -2.06. The van der Waals surface area contributed by atoms with Crippen molar-refractivity contribution in [2.45, 2.75) is 6.54 Å². The summed E-state index contributed by atoms with van der Waals surface area (Å²) in [7, 11) is 3.45. The van der Waals surface area contributed by atoms with Crippen LogP contribution >= 0.6 is 0 Å². The fraction of sp³-hybridized carbons (Fsp3) is 0.231. The first-order chi connectivity index (χ1) is 8.83. The van der Waals surface area contributed by atoms with Crippen molar-refractivity contribution < 1.29 is 9.47 Å². The first-order valence-electron chi connectivity index (χ1n) is 5.60. The zero-order valence-corrected chi connectivity index (χ0v) is 10.4. The Bertz CT molecular complexity index is 517. The maximum atomic E-state index is 5.73. The van der Waals surface area contributed by atoms with E-state index in [1.807, 2.05) is 31.3 Å². The van der Waals surface area contributed by atoms with Gasteiger partial charge in [-0.05, 0) is 13.1 Å². The number of hydrogen-bond acceptors (Lipinski definition) is 5.